The van der Waals surface area contributed by atoms with Crippen LogP contribution in [0.5, 0.6) is 5.75 Å². The lowest BCUT2D eigenvalue weighted by Crippen LogP contribution is -2.32. The lowest BCUT2D eigenvalue weighted by Gasteiger charge is -2.24. The van der Waals surface area contributed by atoms with Gasteiger partial charge in [-0.05, 0) is 54.6 Å². The maximum absolute atomic E-state index is 13.4. The van der Waals surface area contributed by atoms with Gasteiger partial charge in [-0.1, -0.05) is 54.6 Å². The second kappa shape index (κ2) is 11.4. The zero-order valence-corrected chi connectivity index (χ0v) is 18.1. The summed E-state index contributed by atoms with van der Waals surface area (Å²) >= 11 is 1.71. The standard InChI is InChI=1S/C25H28N2O2S/c1-30-22-14-12-20(13-15-22)18-27(17-7-16-26)25(28)23-10-5-6-11-24(23)29-19-21-8-3-2-4-9-21/h2-6,8-15H,7,16-19,26H2,1H3. The van der Waals surface area contributed by atoms with Gasteiger partial charge >= 0.3 is 0 Å². The number of rotatable bonds is 10. The van der Waals surface area contributed by atoms with Crippen LogP contribution in [0, 0.1) is 0 Å². The summed E-state index contributed by atoms with van der Waals surface area (Å²) in [7, 11) is 0. The molecule has 0 fully saturated rings. The van der Waals surface area contributed by atoms with Crippen molar-refractivity contribution >= 4 is 17.7 Å². The van der Waals surface area contributed by atoms with Crippen LogP contribution in [-0.2, 0) is 13.2 Å². The van der Waals surface area contributed by atoms with Crippen molar-refractivity contribution in [2.24, 2.45) is 5.73 Å². The number of amides is 1. The molecule has 0 aliphatic rings. The summed E-state index contributed by atoms with van der Waals surface area (Å²) in [6.45, 7) is 2.11. The van der Waals surface area contributed by atoms with Crippen molar-refractivity contribution in [2.75, 3.05) is 19.3 Å². The van der Waals surface area contributed by atoms with E-state index in [1.807, 2.05) is 59.5 Å². The molecule has 4 nitrogen and oxygen atoms in total. The Morgan fingerprint density at radius 1 is 0.933 bits per heavy atom. The number of carbonyl (C=O) groups is 1. The third-order valence-corrected chi connectivity index (χ3v) is 5.55. The molecule has 0 aliphatic carbocycles. The third-order valence-electron chi connectivity index (χ3n) is 4.81. The molecule has 5 heteroatoms. The topological polar surface area (TPSA) is 55.6 Å². The fourth-order valence-electron chi connectivity index (χ4n) is 3.16. The number of para-hydroxylation sites is 1. The highest BCUT2D eigenvalue weighted by Crippen LogP contribution is 2.23. The molecule has 0 atom stereocenters. The van der Waals surface area contributed by atoms with Crippen LogP contribution in [0.2, 0.25) is 0 Å². The molecule has 0 radical (unpaired) electrons. The van der Waals surface area contributed by atoms with E-state index in [-0.39, 0.29) is 5.91 Å². The highest BCUT2D eigenvalue weighted by Gasteiger charge is 2.20. The fraction of sp³-hybridized carbons (Fsp3) is 0.240. The third kappa shape index (κ3) is 6.12. The molecule has 30 heavy (non-hydrogen) atoms. The second-order valence-corrected chi connectivity index (χ2v) is 7.87. The van der Waals surface area contributed by atoms with Crippen molar-refractivity contribution in [2.45, 2.75) is 24.5 Å². The van der Waals surface area contributed by atoms with Gasteiger partial charge in [0.15, 0.2) is 0 Å². The normalized spacial score (nSPS) is 10.6. The zero-order valence-electron chi connectivity index (χ0n) is 17.3. The maximum atomic E-state index is 13.4. The van der Waals surface area contributed by atoms with Gasteiger partial charge in [0, 0.05) is 18.0 Å². The summed E-state index contributed by atoms with van der Waals surface area (Å²) in [6, 6.07) is 25.7. The molecule has 156 valence electrons. The van der Waals surface area contributed by atoms with Crippen LogP contribution >= 0.6 is 11.8 Å². The number of hydrogen-bond acceptors (Lipinski definition) is 4. The highest BCUT2D eigenvalue weighted by molar-refractivity contribution is 7.98. The van der Waals surface area contributed by atoms with E-state index in [1.165, 1.54) is 4.90 Å². The lowest BCUT2D eigenvalue weighted by molar-refractivity contribution is 0.0737. The summed E-state index contributed by atoms with van der Waals surface area (Å²) in [5.74, 6) is 0.558. The van der Waals surface area contributed by atoms with Crippen molar-refractivity contribution in [3.63, 3.8) is 0 Å². The molecule has 3 rings (SSSR count). The molecule has 2 N–H and O–H groups in total. The average molecular weight is 421 g/mol. The number of benzene rings is 3. The van der Waals surface area contributed by atoms with Gasteiger partial charge in [0.25, 0.3) is 5.91 Å². The second-order valence-electron chi connectivity index (χ2n) is 6.99. The van der Waals surface area contributed by atoms with Crippen LogP contribution in [0.1, 0.15) is 27.9 Å². The number of nitrogens with two attached hydrogens (primary N) is 1. The van der Waals surface area contributed by atoms with Crippen LogP contribution < -0.4 is 10.5 Å². The Kier molecular flexibility index (Phi) is 8.36. The van der Waals surface area contributed by atoms with Crippen LogP contribution in [-0.4, -0.2) is 30.2 Å². The SMILES string of the molecule is CSc1ccc(CN(CCCN)C(=O)c2ccccc2OCc2ccccc2)cc1. The predicted molar refractivity (Wildman–Crippen MR) is 124 cm³/mol. The van der Waals surface area contributed by atoms with Gasteiger partial charge in [-0.2, -0.15) is 0 Å². The van der Waals surface area contributed by atoms with E-state index in [9.17, 15) is 4.79 Å². The van der Waals surface area contributed by atoms with Crippen molar-refractivity contribution in [1.82, 2.24) is 4.90 Å². The molecule has 3 aromatic carbocycles. The molecule has 3 aromatic rings. The van der Waals surface area contributed by atoms with Gasteiger partial charge in [-0.15, -0.1) is 11.8 Å². The van der Waals surface area contributed by atoms with Gasteiger partial charge in [-0.3, -0.25) is 4.79 Å². The van der Waals surface area contributed by atoms with Gasteiger partial charge < -0.3 is 15.4 Å². The lowest BCUT2D eigenvalue weighted by atomic mass is 10.1. The molecule has 0 aliphatic heterocycles. The minimum Gasteiger partial charge on any atom is -0.488 e. The molecule has 0 aromatic heterocycles. The van der Waals surface area contributed by atoms with Crippen LogP contribution in [0.4, 0.5) is 0 Å². The van der Waals surface area contributed by atoms with E-state index in [1.54, 1.807) is 11.8 Å². The summed E-state index contributed by atoms with van der Waals surface area (Å²) < 4.78 is 6.00. The summed E-state index contributed by atoms with van der Waals surface area (Å²) in [4.78, 5) is 16.5. The van der Waals surface area contributed by atoms with E-state index < -0.39 is 0 Å². The van der Waals surface area contributed by atoms with E-state index in [0.717, 1.165) is 17.5 Å². The molecular weight excluding hydrogens is 392 g/mol. The summed E-state index contributed by atoms with van der Waals surface area (Å²) in [5.41, 5.74) is 8.46. The van der Waals surface area contributed by atoms with Crippen molar-refractivity contribution in [1.29, 1.82) is 0 Å². The Morgan fingerprint density at radius 3 is 2.33 bits per heavy atom. The smallest absolute Gasteiger partial charge is 0.257 e. The van der Waals surface area contributed by atoms with E-state index >= 15 is 0 Å². The Balaban J connectivity index is 1.77. The molecule has 0 unspecified atom stereocenters. The Bertz CT molecular complexity index is 929. The molecule has 0 saturated heterocycles. The molecule has 0 spiro atoms. The first kappa shape index (κ1) is 21.9. The van der Waals surface area contributed by atoms with Gasteiger partial charge in [0.2, 0.25) is 0 Å². The number of carbonyl (C=O) groups excluding carboxylic acids is 1. The molecule has 0 bridgehead atoms. The number of ether oxygens (including phenoxy) is 1. The average Bonchev–Trinajstić information content (AvgIpc) is 2.81. The van der Waals surface area contributed by atoms with Crippen molar-refractivity contribution in [3.8, 4) is 5.75 Å². The monoisotopic (exact) mass is 420 g/mol. The number of thioether (sulfide) groups is 1. The summed E-state index contributed by atoms with van der Waals surface area (Å²) in [5, 5.41) is 0. The molecule has 0 saturated carbocycles. The van der Waals surface area contributed by atoms with Crippen LogP contribution in [0.25, 0.3) is 0 Å². The predicted octanol–water partition coefficient (Wildman–Crippen LogP) is 4.98. The van der Waals surface area contributed by atoms with E-state index in [2.05, 4.69) is 30.5 Å². The Hall–Kier alpha value is -2.76. The quantitative estimate of drug-likeness (QED) is 0.470. The van der Waals surface area contributed by atoms with Crippen LogP contribution in [0.3, 0.4) is 0 Å². The van der Waals surface area contributed by atoms with E-state index in [4.69, 9.17) is 10.5 Å². The Morgan fingerprint density at radius 2 is 1.63 bits per heavy atom. The minimum absolute atomic E-state index is 0.0407. The highest BCUT2D eigenvalue weighted by atomic mass is 32.2. The van der Waals surface area contributed by atoms with Crippen molar-refractivity contribution < 1.29 is 9.53 Å². The summed E-state index contributed by atoms with van der Waals surface area (Å²) in [6.07, 6.45) is 2.81. The van der Waals surface area contributed by atoms with Gasteiger partial charge in [0.1, 0.15) is 12.4 Å². The zero-order chi connectivity index (χ0) is 21.2. The number of nitrogens with zero attached hydrogens (tertiary/aromatic N) is 1. The van der Waals surface area contributed by atoms with E-state index in [0.29, 0.717) is 37.6 Å². The van der Waals surface area contributed by atoms with Gasteiger partial charge in [-0.25, -0.2) is 0 Å². The molecule has 0 heterocycles. The minimum atomic E-state index is -0.0407. The molecule has 1 amide bonds. The first-order valence-corrected chi connectivity index (χ1v) is 11.3. The fourth-order valence-corrected chi connectivity index (χ4v) is 3.57. The first-order chi connectivity index (χ1) is 14.7. The van der Waals surface area contributed by atoms with Crippen molar-refractivity contribution in [3.05, 3.63) is 95.6 Å². The van der Waals surface area contributed by atoms with Gasteiger partial charge in [0.05, 0.1) is 5.56 Å². The largest absolute Gasteiger partial charge is 0.488 e. The first-order valence-electron chi connectivity index (χ1n) is 10.1. The molecular formula is C25H28N2O2S. The Labute approximate surface area is 183 Å². The number of hydrogen-bond donors (Lipinski definition) is 1. The maximum Gasteiger partial charge on any atom is 0.257 e. The van der Waals surface area contributed by atoms with Crippen LogP contribution in [0.15, 0.2) is 83.8 Å².